The minimum Gasteiger partial charge on any atom is -0.481 e. The summed E-state index contributed by atoms with van der Waals surface area (Å²) in [6.07, 6.45) is 2.28. The van der Waals surface area contributed by atoms with E-state index in [0.29, 0.717) is 6.04 Å². The van der Waals surface area contributed by atoms with Gasteiger partial charge in [-0.05, 0) is 30.9 Å². The second-order valence-corrected chi connectivity index (χ2v) is 5.10. The second kappa shape index (κ2) is 6.68. The maximum atomic E-state index is 10.9. The number of rotatable bonds is 5. The smallest absolute Gasteiger partial charge is 0.310 e. The second-order valence-electron chi connectivity index (χ2n) is 5.10. The fourth-order valence-electron chi connectivity index (χ4n) is 2.23. The van der Waals surface area contributed by atoms with Gasteiger partial charge in [0, 0.05) is 19.2 Å². The summed E-state index contributed by atoms with van der Waals surface area (Å²) >= 11 is 0. The molecule has 0 spiro atoms. The van der Waals surface area contributed by atoms with Crippen LogP contribution in [0, 0.1) is 0 Å². The topological polar surface area (TPSA) is 58.6 Å². The number of hydrogen-bond donors (Lipinski definition) is 2. The Hall–Kier alpha value is -1.39. The van der Waals surface area contributed by atoms with Crippen molar-refractivity contribution < 1.29 is 14.6 Å². The van der Waals surface area contributed by atoms with Crippen molar-refractivity contribution in [3.05, 3.63) is 35.4 Å². The Morgan fingerprint density at radius 1 is 1.47 bits per heavy atom. The third-order valence-electron chi connectivity index (χ3n) is 3.61. The molecule has 0 bridgehead atoms. The van der Waals surface area contributed by atoms with Gasteiger partial charge >= 0.3 is 5.97 Å². The number of benzene rings is 1. The van der Waals surface area contributed by atoms with E-state index in [2.05, 4.69) is 5.32 Å². The van der Waals surface area contributed by atoms with Crippen molar-refractivity contribution in [3.63, 3.8) is 0 Å². The molecule has 1 aliphatic rings. The SMILES string of the molecule is CC(C(=O)O)c1ccc(CNC2CCCOC2)cc1. The van der Waals surface area contributed by atoms with Crippen LogP contribution in [0.1, 0.15) is 36.8 Å². The number of carboxylic acid groups (broad SMARTS) is 1. The molecule has 0 saturated carbocycles. The quantitative estimate of drug-likeness (QED) is 0.854. The minimum atomic E-state index is -0.787. The van der Waals surface area contributed by atoms with Crippen LogP contribution >= 0.6 is 0 Å². The number of carbonyl (C=O) groups is 1. The average Bonchev–Trinajstić information content (AvgIpc) is 2.46. The molecule has 2 N–H and O–H groups in total. The summed E-state index contributed by atoms with van der Waals surface area (Å²) < 4.78 is 5.42. The first-order valence-corrected chi connectivity index (χ1v) is 6.79. The van der Waals surface area contributed by atoms with Crippen LogP contribution in [-0.4, -0.2) is 30.3 Å². The van der Waals surface area contributed by atoms with Crippen LogP contribution in [0.15, 0.2) is 24.3 Å². The van der Waals surface area contributed by atoms with Gasteiger partial charge in [0.05, 0.1) is 12.5 Å². The lowest BCUT2D eigenvalue weighted by atomic mass is 10.00. The Morgan fingerprint density at radius 2 is 2.21 bits per heavy atom. The van der Waals surface area contributed by atoms with E-state index < -0.39 is 11.9 Å². The normalized spacial score (nSPS) is 21.0. The Labute approximate surface area is 113 Å². The first-order valence-electron chi connectivity index (χ1n) is 6.79. The third-order valence-corrected chi connectivity index (χ3v) is 3.61. The van der Waals surface area contributed by atoms with Crippen molar-refractivity contribution >= 4 is 5.97 Å². The Balaban J connectivity index is 1.86. The Bertz CT molecular complexity index is 410. The van der Waals surface area contributed by atoms with Crippen LogP contribution in [0.2, 0.25) is 0 Å². The Kier molecular flexibility index (Phi) is 4.93. The van der Waals surface area contributed by atoms with Gasteiger partial charge in [-0.25, -0.2) is 0 Å². The molecule has 1 fully saturated rings. The highest BCUT2D eigenvalue weighted by Crippen LogP contribution is 2.16. The molecular weight excluding hydrogens is 242 g/mol. The zero-order valence-corrected chi connectivity index (χ0v) is 11.3. The van der Waals surface area contributed by atoms with Gasteiger partial charge in [0.25, 0.3) is 0 Å². The van der Waals surface area contributed by atoms with Crippen LogP contribution in [0.5, 0.6) is 0 Å². The largest absolute Gasteiger partial charge is 0.481 e. The van der Waals surface area contributed by atoms with Gasteiger partial charge in [-0.1, -0.05) is 24.3 Å². The molecular formula is C15H21NO3. The average molecular weight is 263 g/mol. The van der Waals surface area contributed by atoms with Crippen molar-refractivity contribution in [2.75, 3.05) is 13.2 Å². The van der Waals surface area contributed by atoms with Crippen LogP contribution < -0.4 is 5.32 Å². The number of carboxylic acids is 1. The third kappa shape index (κ3) is 4.04. The monoisotopic (exact) mass is 263 g/mol. The highest BCUT2D eigenvalue weighted by Gasteiger charge is 2.14. The first-order chi connectivity index (χ1) is 9.16. The molecule has 1 aromatic carbocycles. The minimum absolute atomic E-state index is 0.436. The molecule has 104 valence electrons. The predicted molar refractivity (Wildman–Crippen MR) is 73.2 cm³/mol. The highest BCUT2D eigenvalue weighted by atomic mass is 16.5. The molecule has 1 aliphatic heterocycles. The van der Waals surface area contributed by atoms with Crippen LogP contribution in [0.4, 0.5) is 0 Å². The van der Waals surface area contributed by atoms with Crippen LogP contribution in [-0.2, 0) is 16.1 Å². The van der Waals surface area contributed by atoms with Gasteiger partial charge < -0.3 is 15.2 Å². The van der Waals surface area contributed by atoms with E-state index in [1.54, 1.807) is 6.92 Å². The molecule has 19 heavy (non-hydrogen) atoms. The fourth-order valence-corrected chi connectivity index (χ4v) is 2.23. The van der Waals surface area contributed by atoms with E-state index in [4.69, 9.17) is 9.84 Å². The van der Waals surface area contributed by atoms with Crippen molar-refractivity contribution in [3.8, 4) is 0 Å². The molecule has 2 atom stereocenters. The lowest BCUT2D eigenvalue weighted by Gasteiger charge is -2.23. The van der Waals surface area contributed by atoms with Crippen LogP contribution in [0.3, 0.4) is 0 Å². The van der Waals surface area contributed by atoms with Gasteiger partial charge in [0.2, 0.25) is 0 Å². The summed E-state index contributed by atoms with van der Waals surface area (Å²) in [5.41, 5.74) is 2.02. The summed E-state index contributed by atoms with van der Waals surface area (Å²) in [6, 6.07) is 8.21. The first kappa shape index (κ1) is 14.0. The van der Waals surface area contributed by atoms with Gasteiger partial charge in [-0.15, -0.1) is 0 Å². The van der Waals surface area contributed by atoms with E-state index in [1.807, 2.05) is 24.3 Å². The predicted octanol–water partition coefficient (Wildman–Crippen LogP) is 2.14. The molecule has 0 aromatic heterocycles. The maximum Gasteiger partial charge on any atom is 0.310 e. The van der Waals surface area contributed by atoms with E-state index in [1.165, 1.54) is 5.56 Å². The van der Waals surface area contributed by atoms with E-state index in [0.717, 1.165) is 38.2 Å². The molecule has 2 rings (SSSR count). The molecule has 1 saturated heterocycles. The molecule has 1 heterocycles. The molecule has 0 amide bonds. The zero-order chi connectivity index (χ0) is 13.7. The molecule has 4 heteroatoms. The molecule has 0 aliphatic carbocycles. The number of ether oxygens (including phenoxy) is 1. The van der Waals surface area contributed by atoms with Crippen LogP contribution in [0.25, 0.3) is 0 Å². The summed E-state index contributed by atoms with van der Waals surface area (Å²) in [7, 11) is 0. The standard InChI is InChI=1S/C15H21NO3/c1-11(15(17)18)13-6-4-12(5-7-13)9-16-14-3-2-8-19-10-14/h4-7,11,14,16H,2-3,8-10H2,1H3,(H,17,18). The van der Waals surface area contributed by atoms with Gasteiger partial charge in [-0.2, -0.15) is 0 Å². The highest BCUT2D eigenvalue weighted by molar-refractivity contribution is 5.75. The molecule has 4 nitrogen and oxygen atoms in total. The van der Waals surface area contributed by atoms with Gasteiger partial charge in [-0.3, -0.25) is 4.79 Å². The van der Waals surface area contributed by atoms with Crippen molar-refractivity contribution in [2.45, 2.75) is 38.3 Å². The van der Waals surface area contributed by atoms with E-state index in [9.17, 15) is 4.79 Å². The van der Waals surface area contributed by atoms with E-state index in [-0.39, 0.29) is 0 Å². The van der Waals surface area contributed by atoms with Gasteiger partial charge in [0.15, 0.2) is 0 Å². The summed E-state index contributed by atoms with van der Waals surface area (Å²) in [5.74, 6) is -1.24. The number of aliphatic carboxylic acids is 1. The zero-order valence-electron chi connectivity index (χ0n) is 11.3. The van der Waals surface area contributed by atoms with Crippen molar-refractivity contribution in [1.29, 1.82) is 0 Å². The summed E-state index contributed by atoms with van der Waals surface area (Å²) in [5, 5.41) is 12.4. The summed E-state index contributed by atoms with van der Waals surface area (Å²) in [4.78, 5) is 10.9. The summed E-state index contributed by atoms with van der Waals surface area (Å²) in [6.45, 7) is 4.17. The Morgan fingerprint density at radius 3 is 2.79 bits per heavy atom. The number of hydrogen-bond acceptors (Lipinski definition) is 3. The lowest BCUT2D eigenvalue weighted by Crippen LogP contribution is -2.36. The molecule has 0 radical (unpaired) electrons. The molecule has 2 unspecified atom stereocenters. The van der Waals surface area contributed by atoms with Crippen molar-refractivity contribution in [1.82, 2.24) is 5.32 Å². The van der Waals surface area contributed by atoms with E-state index >= 15 is 0 Å². The van der Waals surface area contributed by atoms with Crippen molar-refractivity contribution in [2.24, 2.45) is 0 Å². The maximum absolute atomic E-state index is 10.9. The molecule has 1 aromatic rings. The van der Waals surface area contributed by atoms with Gasteiger partial charge in [0.1, 0.15) is 0 Å². The lowest BCUT2D eigenvalue weighted by molar-refractivity contribution is -0.138. The fraction of sp³-hybridized carbons (Fsp3) is 0.533. The number of nitrogens with one attached hydrogen (secondary N) is 1.